The molecule has 6 nitrogen and oxygen atoms in total. The Morgan fingerprint density at radius 3 is 2.20 bits per heavy atom. The molecule has 156 valence electrons. The lowest BCUT2D eigenvalue weighted by Gasteiger charge is -2.20. The van der Waals surface area contributed by atoms with Crippen molar-refractivity contribution in [3.05, 3.63) is 83.1 Å². The fourth-order valence-corrected chi connectivity index (χ4v) is 3.99. The van der Waals surface area contributed by atoms with Gasteiger partial charge < -0.3 is 10.1 Å². The van der Waals surface area contributed by atoms with E-state index in [4.69, 9.17) is 4.74 Å². The summed E-state index contributed by atoms with van der Waals surface area (Å²) in [5.74, 6) is -0.389. The van der Waals surface area contributed by atoms with E-state index in [-0.39, 0.29) is 11.5 Å². The van der Waals surface area contributed by atoms with Crippen molar-refractivity contribution in [3.63, 3.8) is 0 Å². The van der Waals surface area contributed by atoms with Gasteiger partial charge >= 0.3 is 0 Å². The maximum Gasteiger partial charge on any atom is 0.264 e. The van der Waals surface area contributed by atoms with Gasteiger partial charge in [-0.25, -0.2) is 12.8 Å². The topological polar surface area (TPSA) is 75.7 Å². The first-order valence-corrected chi connectivity index (χ1v) is 11.0. The molecule has 9 heteroatoms. The molecule has 0 radical (unpaired) electrons. The predicted octanol–water partition coefficient (Wildman–Crippen LogP) is 4.43. The average Bonchev–Trinajstić information content (AvgIpc) is 2.74. The summed E-state index contributed by atoms with van der Waals surface area (Å²) in [7, 11) is -2.24. The summed E-state index contributed by atoms with van der Waals surface area (Å²) in [6.45, 7) is -0.246. The van der Waals surface area contributed by atoms with E-state index in [0.29, 0.717) is 17.1 Å². The lowest BCUT2D eigenvalue weighted by molar-refractivity contribution is -0.118. The van der Waals surface area contributed by atoms with E-state index < -0.39 is 21.7 Å². The van der Waals surface area contributed by atoms with E-state index in [1.54, 1.807) is 36.4 Å². The maximum absolute atomic E-state index is 12.9. The third-order valence-electron chi connectivity index (χ3n) is 4.17. The Morgan fingerprint density at radius 2 is 1.60 bits per heavy atom. The SMILES string of the molecule is CN(c1ccc(OCC(=O)Nc2ccc(F)cc2)cc1)S(=O)(=O)c1ccc(Br)cc1. The number of rotatable bonds is 7. The highest BCUT2D eigenvalue weighted by atomic mass is 79.9. The van der Waals surface area contributed by atoms with Crippen LogP contribution in [0.25, 0.3) is 0 Å². The molecule has 0 atom stereocenters. The van der Waals surface area contributed by atoms with Gasteiger partial charge in [0.25, 0.3) is 15.9 Å². The van der Waals surface area contributed by atoms with E-state index in [1.165, 1.54) is 47.8 Å². The maximum atomic E-state index is 12.9. The van der Waals surface area contributed by atoms with Crippen molar-refractivity contribution in [1.82, 2.24) is 0 Å². The highest BCUT2D eigenvalue weighted by Gasteiger charge is 2.21. The van der Waals surface area contributed by atoms with Crippen LogP contribution in [0.5, 0.6) is 5.75 Å². The van der Waals surface area contributed by atoms with E-state index in [9.17, 15) is 17.6 Å². The Hall–Kier alpha value is -2.91. The van der Waals surface area contributed by atoms with E-state index in [1.807, 2.05) is 0 Å². The Balaban J connectivity index is 1.60. The number of anilines is 2. The Labute approximate surface area is 182 Å². The van der Waals surface area contributed by atoms with Crippen molar-refractivity contribution in [2.24, 2.45) is 0 Å². The minimum absolute atomic E-state index is 0.172. The molecular weight excluding hydrogens is 475 g/mol. The molecule has 0 fully saturated rings. The first-order chi connectivity index (χ1) is 14.3. The van der Waals surface area contributed by atoms with Gasteiger partial charge in [0, 0.05) is 17.2 Å². The molecule has 0 aliphatic rings. The Morgan fingerprint density at radius 1 is 1.00 bits per heavy atom. The smallest absolute Gasteiger partial charge is 0.264 e. The summed E-state index contributed by atoms with van der Waals surface area (Å²) in [6.07, 6.45) is 0. The quantitative estimate of drug-likeness (QED) is 0.529. The molecule has 3 aromatic carbocycles. The minimum atomic E-state index is -3.70. The third kappa shape index (κ3) is 5.37. The van der Waals surface area contributed by atoms with Crippen LogP contribution in [0.2, 0.25) is 0 Å². The summed E-state index contributed by atoms with van der Waals surface area (Å²) in [4.78, 5) is 12.1. The molecule has 0 heterocycles. The largest absolute Gasteiger partial charge is 0.484 e. The van der Waals surface area contributed by atoms with E-state index in [0.717, 1.165) is 4.47 Å². The fraction of sp³-hybridized carbons (Fsp3) is 0.0952. The molecule has 30 heavy (non-hydrogen) atoms. The number of amides is 1. The zero-order chi connectivity index (χ0) is 21.7. The van der Waals surface area contributed by atoms with Crippen molar-refractivity contribution < 1.29 is 22.3 Å². The molecule has 3 rings (SSSR count). The van der Waals surface area contributed by atoms with Crippen LogP contribution in [-0.2, 0) is 14.8 Å². The van der Waals surface area contributed by atoms with Crippen molar-refractivity contribution in [2.45, 2.75) is 4.90 Å². The molecule has 0 aromatic heterocycles. The molecule has 0 spiro atoms. The van der Waals surface area contributed by atoms with Crippen molar-refractivity contribution >= 4 is 43.2 Å². The lowest BCUT2D eigenvalue weighted by Crippen LogP contribution is -2.26. The molecule has 0 aliphatic heterocycles. The number of benzene rings is 3. The van der Waals surface area contributed by atoms with Crippen molar-refractivity contribution in [2.75, 3.05) is 23.3 Å². The van der Waals surface area contributed by atoms with Gasteiger partial charge in [0.05, 0.1) is 10.6 Å². The second-order valence-corrected chi connectivity index (χ2v) is 9.15. The molecule has 3 aromatic rings. The monoisotopic (exact) mass is 492 g/mol. The van der Waals surface area contributed by atoms with Crippen LogP contribution in [0.3, 0.4) is 0 Å². The number of carbonyl (C=O) groups excluding carboxylic acids is 1. The van der Waals surface area contributed by atoms with Gasteiger partial charge in [-0.15, -0.1) is 0 Å². The van der Waals surface area contributed by atoms with Crippen LogP contribution in [0.15, 0.2) is 82.2 Å². The molecule has 0 saturated carbocycles. The highest BCUT2D eigenvalue weighted by molar-refractivity contribution is 9.10. The molecule has 0 unspecified atom stereocenters. The summed E-state index contributed by atoms with van der Waals surface area (Å²) in [5.41, 5.74) is 0.904. The van der Waals surface area contributed by atoms with Crippen LogP contribution in [0.1, 0.15) is 0 Å². The Kier molecular flexibility index (Phi) is 6.73. The second kappa shape index (κ2) is 9.27. The number of nitrogens with one attached hydrogen (secondary N) is 1. The molecule has 0 saturated heterocycles. The Bertz CT molecular complexity index is 1120. The van der Waals surface area contributed by atoms with Gasteiger partial charge in [0.1, 0.15) is 11.6 Å². The zero-order valence-electron chi connectivity index (χ0n) is 15.9. The molecule has 0 aliphatic carbocycles. The first kappa shape index (κ1) is 21.8. The van der Waals surface area contributed by atoms with Crippen LogP contribution in [-0.4, -0.2) is 28.0 Å². The number of hydrogen-bond acceptors (Lipinski definition) is 4. The fourth-order valence-electron chi connectivity index (χ4n) is 2.53. The summed E-state index contributed by atoms with van der Waals surface area (Å²) >= 11 is 3.28. The van der Waals surface area contributed by atoms with Crippen LogP contribution in [0.4, 0.5) is 15.8 Å². The number of sulfonamides is 1. The van der Waals surface area contributed by atoms with E-state index >= 15 is 0 Å². The normalized spacial score (nSPS) is 11.0. The number of ether oxygens (including phenoxy) is 1. The van der Waals surface area contributed by atoms with Crippen LogP contribution >= 0.6 is 15.9 Å². The zero-order valence-corrected chi connectivity index (χ0v) is 18.3. The molecular formula is C21H18BrFN2O4S. The average molecular weight is 493 g/mol. The van der Waals surface area contributed by atoms with Gasteiger partial charge in [-0.2, -0.15) is 0 Å². The predicted molar refractivity (Wildman–Crippen MR) is 117 cm³/mol. The van der Waals surface area contributed by atoms with Crippen LogP contribution < -0.4 is 14.4 Å². The summed E-state index contributed by atoms with van der Waals surface area (Å²) < 4.78 is 45.7. The molecule has 0 bridgehead atoms. The highest BCUT2D eigenvalue weighted by Crippen LogP contribution is 2.25. The van der Waals surface area contributed by atoms with Gasteiger partial charge in [-0.05, 0) is 72.8 Å². The van der Waals surface area contributed by atoms with E-state index in [2.05, 4.69) is 21.2 Å². The minimum Gasteiger partial charge on any atom is -0.484 e. The number of hydrogen-bond donors (Lipinski definition) is 1. The molecule has 1 amide bonds. The van der Waals surface area contributed by atoms with Gasteiger partial charge in [0.2, 0.25) is 0 Å². The van der Waals surface area contributed by atoms with Crippen molar-refractivity contribution in [1.29, 1.82) is 0 Å². The summed E-state index contributed by atoms with van der Waals surface area (Å²) in [5, 5.41) is 2.59. The second-order valence-electron chi connectivity index (χ2n) is 6.26. The van der Waals surface area contributed by atoms with Gasteiger partial charge in [-0.3, -0.25) is 9.10 Å². The van der Waals surface area contributed by atoms with Gasteiger partial charge in [-0.1, -0.05) is 15.9 Å². The first-order valence-electron chi connectivity index (χ1n) is 8.78. The lowest BCUT2D eigenvalue weighted by atomic mass is 10.3. The number of nitrogens with zero attached hydrogens (tertiary/aromatic N) is 1. The van der Waals surface area contributed by atoms with Crippen molar-refractivity contribution in [3.8, 4) is 5.75 Å². The molecule has 1 N–H and O–H groups in total. The van der Waals surface area contributed by atoms with Gasteiger partial charge in [0.15, 0.2) is 6.61 Å². The standard InChI is InChI=1S/C21H18BrFN2O4S/c1-25(30(27,28)20-12-2-15(22)3-13-20)18-8-10-19(11-9-18)29-14-21(26)24-17-6-4-16(23)5-7-17/h2-13H,14H2,1H3,(H,24,26). The van der Waals surface area contributed by atoms with Crippen LogP contribution in [0, 0.1) is 5.82 Å². The summed E-state index contributed by atoms with van der Waals surface area (Å²) in [6, 6.07) is 18.1. The number of carbonyl (C=O) groups is 1. The number of halogens is 2. The third-order valence-corrected chi connectivity index (χ3v) is 6.50.